The maximum absolute atomic E-state index is 12.1. The average molecular weight is 361 g/mol. The molecule has 1 N–H and O–H groups in total. The molecule has 0 saturated heterocycles. The van der Waals surface area contributed by atoms with Crippen molar-refractivity contribution in [2.45, 2.75) is 17.1 Å². The average Bonchev–Trinajstić information content (AvgIpc) is 2.50. The Morgan fingerprint density at radius 3 is 2.38 bits per heavy atom. The van der Waals surface area contributed by atoms with Crippen LogP contribution in [-0.4, -0.2) is 11.2 Å². The van der Waals surface area contributed by atoms with E-state index < -0.39 is 0 Å². The molecule has 0 aliphatic carbocycles. The van der Waals surface area contributed by atoms with Crippen LogP contribution in [0.2, 0.25) is 0 Å². The van der Waals surface area contributed by atoms with E-state index in [2.05, 4.69) is 21.2 Å². The van der Waals surface area contributed by atoms with Gasteiger partial charge in [0.1, 0.15) is 0 Å². The number of carbonyl (C=O) groups is 1. The molecule has 0 heterocycles. The molecule has 5 heteroatoms. The third-order valence-corrected chi connectivity index (χ3v) is 4.42. The molecule has 0 aromatic heterocycles. The van der Waals surface area contributed by atoms with Gasteiger partial charge in [0.2, 0.25) is 5.91 Å². The SMILES string of the molecule is C[C@@H](Sc1ccc(Br)cc1)C(=O)Nc1ccc(C#N)cc1. The molecule has 1 amide bonds. The first-order valence-corrected chi connectivity index (χ1v) is 7.99. The van der Waals surface area contributed by atoms with E-state index in [1.54, 1.807) is 24.3 Å². The summed E-state index contributed by atoms with van der Waals surface area (Å²) in [5, 5.41) is 11.4. The van der Waals surface area contributed by atoms with E-state index in [0.717, 1.165) is 9.37 Å². The first-order chi connectivity index (χ1) is 10.1. The second-order valence-electron chi connectivity index (χ2n) is 4.39. The summed E-state index contributed by atoms with van der Waals surface area (Å²) in [6.07, 6.45) is 0. The number of amides is 1. The fourth-order valence-corrected chi connectivity index (χ4v) is 2.77. The van der Waals surface area contributed by atoms with Crippen LogP contribution in [0.3, 0.4) is 0 Å². The van der Waals surface area contributed by atoms with Crippen LogP contribution in [0.1, 0.15) is 12.5 Å². The van der Waals surface area contributed by atoms with Crippen molar-refractivity contribution in [1.82, 2.24) is 0 Å². The third-order valence-electron chi connectivity index (χ3n) is 2.78. The Kier molecular flexibility index (Phi) is 5.43. The van der Waals surface area contributed by atoms with Crippen LogP contribution in [0.25, 0.3) is 0 Å². The summed E-state index contributed by atoms with van der Waals surface area (Å²) in [4.78, 5) is 13.2. The molecule has 0 spiro atoms. The van der Waals surface area contributed by atoms with Gasteiger partial charge in [0.15, 0.2) is 0 Å². The smallest absolute Gasteiger partial charge is 0.237 e. The molecule has 21 heavy (non-hydrogen) atoms. The van der Waals surface area contributed by atoms with Crippen molar-refractivity contribution in [3.05, 3.63) is 58.6 Å². The summed E-state index contributed by atoms with van der Waals surface area (Å²) in [7, 11) is 0. The second kappa shape index (κ2) is 7.30. The Morgan fingerprint density at radius 2 is 1.81 bits per heavy atom. The van der Waals surface area contributed by atoms with E-state index in [4.69, 9.17) is 5.26 Å². The van der Waals surface area contributed by atoms with Gasteiger partial charge in [-0.15, -0.1) is 11.8 Å². The molecule has 2 aromatic carbocycles. The van der Waals surface area contributed by atoms with Gasteiger partial charge in [-0.25, -0.2) is 0 Å². The fraction of sp³-hybridized carbons (Fsp3) is 0.125. The zero-order valence-electron chi connectivity index (χ0n) is 11.3. The lowest BCUT2D eigenvalue weighted by Crippen LogP contribution is -2.22. The number of nitriles is 1. The lowest BCUT2D eigenvalue weighted by atomic mass is 10.2. The predicted molar refractivity (Wildman–Crippen MR) is 89.2 cm³/mol. The second-order valence-corrected chi connectivity index (χ2v) is 6.72. The van der Waals surface area contributed by atoms with E-state index in [1.165, 1.54) is 11.8 Å². The standard InChI is InChI=1S/C16H13BrN2OS/c1-11(21-15-8-4-13(17)5-9-15)16(20)19-14-6-2-12(10-18)3-7-14/h2-9,11H,1H3,(H,19,20)/t11-/m1/s1. The first-order valence-electron chi connectivity index (χ1n) is 6.32. The number of benzene rings is 2. The Hall–Kier alpha value is -1.77. The Morgan fingerprint density at radius 1 is 1.19 bits per heavy atom. The van der Waals surface area contributed by atoms with Crippen LogP contribution in [0, 0.1) is 11.3 Å². The topological polar surface area (TPSA) is 52.9 Å². The molecule has 2 aromatic rings. The normalized spacial score (nSPS) is 11.5. The summed E-state index contributed by atoms with van der Waals surface area (Å²) < 4.78 is 1.02. The molecule has 0 radical (unpaired) electrons. The molecule has 0 fully saturated rings. The number of hydrogen-bond acceptors (Lipinski definition) is 3. The summed E-state index contributed by atoms with van der Waals surface area (Å²) in [6.45, 7) is 1.87. The lowest BCUT2D eigenvalue weighted by molar-refractivity contribution is -0.115. The quantitative estimate of drug-likeness (QED) is 0.819. The molecule has 0 aliphatic rings. The van der Waals surface area contributed by atoms with E-state index in [9.17, 15) is 4.79 Å². The molecule has 3 nitrogen and oxygen atoms in total. The summed E-state index contributed by atoms with van der Waals surface area (Å²) >= 11 is 4.89. The molecule has 0 aliphatic heterocycles. The molecule has 106 valence electrons. The highest BCUT2D eigenvalue weighted by Gasteiger charge is 2.14. The van der Waals surface area contributed by atoms with Gasteiger partial charge < -0.3 is 5.32 Å². The molecule has 2 rings (SSSR count). The van der Waals surface area contributed by atoms with Gasteiger partial charge in [-0.2, -0.15) is 5.26 Å². The van der Waals surface area contributed by atoms with Crippen molar-refractivity contribution in [2.24, 2.45) is 0 Å². The zero-order valence-corrected chi connectivity index (χ0v) is 13.7. The molecular formula is C16H13BrN2OS. The van der Waals surface area contributed by atoms with E-state index >= 15 is 0 Å². The molecular weight excluding hydrogens is 348 g/mol. The van der Waals surface area contributed by atoms with Crippen molar-refractivity contribution in [1.29, 1.82) is 5.26 Å². The van der Waals surface area contributed by atoms with E-state index in [0.29, 0.717) is 11.3 Å². The van der Waals surface area contributed by atoms with Crippen LogP contribution >= 0.6 is 27.7 Å². The number of thioether (sulfide) groups is 1. The summed E-state index contributed by atoms with van der Waals surface area (Å²) in [6, 6.07) is 16.7. The van der Waals surface area contributed by atoms with Gasteiger partial charge in [0, 0.05) is 15.1 Å². The van der Waals surface area contributed by atoms with E-state index in [1.807, 2.05) is 37.3 Å². The van der Waals surface area contributed by atoms with Crippen molar-refractivity contribution in [3.63, 3.8) is 0 Å². The highest BCUT2D eigenvalue weighted by atomic mass is 79.9. The zero-order chi connectivity index (χ0) is 15.2. The van der Waals surface area contributed by atoms with Gasteiger partial charge in [0.25, 0.3) is 0 Å². The molecule has 1 atom stereocenters. The minimum Gasteiger partial charge on any atom is -0.325 e. The van der Waals surface area contributed by atoms with Gasteiger partial charge in [0.05, 0.1) is 16.9 Å². The number of carbonyl (C=O) groups excluding carboxylic acids is 1. The largest absolute Gasteiger partial charge is 0.325 e. The van der Waals surface area contributed by atoms with Crippen molar-refractivity contribution in [3.8, 4) is 6.07 Å². The highest BCUT2D eigenvalue weighted by Crippen LogP contribution is 2.25. The predicted octanol–water partition coefficient (Wildman–Crippen LogP) is 4.44. The van der Waals surface area contributed by atoms with Crippen molar-refractivity contribution < 1.29 is 4.79 Å². The van der Waals surface area contributed by atoms with Crippen LogP contribution in [0.15, 0.2) is 57.9 Å². The van der Waals surface area contributed by atoms with Crippen LogP contribution < -0.4 is 5.32 Å². The van der Waals surface area contributed by atoms with Gasteiger partial charge in [-0.05, 0) is 55.5 Å². The molecule has 0 saturated carbocycles. The number of anilines is 1. The number of nitrogens with one attached hydrogen (secondary N) is 1. The van der Waals surface area contributed by atoms with Crippen LogP contribution in [-0.2, 0) is 4.79 Å². The maximum Gasteiger partial charge on any atom is 0.237 e. The first kappa shape index (κ1) is 15.6. The highest BCUT2D eigenvalue weighted by molar-refractivity contribution is 9.10. The number of halogens is 1. The van der Waals surface area contributed by atoms with Crippen LogP contribution in [0.4, 0.5) is 5.69 Å². The van der Waals surface area contributed by atoms with Gasteiger partial charge in [-0.1, -0.05) is 15.9 Å². The molecule has 0 bridgehead atoms. The summed E-state index contributed by atoms with van der Waals surface area (Å²) in [5.74, 6) is -0.0624. The third kappa shape index (κ3) is 4.62. The minimum absolute atomic E-state index is 0.0624. The number of nitrogens with zero attached hydrogens (tertiary/aromatic N) is 1. The number of rotatable bonds is 4. The molecule has 0 unspecified atom stereocenters. The summed E-state index contributed by atoms with van der Waals surface area (Å²) in [5.41, 5.74) is 1.27. The fourth-order valence-electron chi connectivity index (χ4n) is 1.64. The Labute approximate surface area is 136 Å². The van der Waals surface area contributed by atoms with Crippen molar-refractivity contribution >= 4 is 39.3 Å². The maximum atomic E-state index is 12.1. The van der Waals surface area contributed by atoms with Crippen LogP contribution in [0.5, 0.6) is 0 Å². The monoisotopic (exact) mass is 360 g/mol. The number of hydrogen-bond donors (Lipinski definition) is 1. The van der Waals surface area contributed by atoms with Gasteiger partial charge >= 0.3 is 0 Å². The minimum atomic E-state index is -0.207. The Balaban J connectivity index is 1.95. The Bertz CT molecular complexity index is 662. The lowest BCUT2D eigenvalue weighted by Gasteiger charge is -2.12. The van der Waals surface area contributed by atoms with Gasteiger partial charge in [-0.3, -0.25) is 4.79 Å². The van der Waals surface area contributed by atoms with Crippen molar-refractivity contribution in [2.75, 3.05) is 5.32 Å². The van der Waals surface area contributed by atoms with E-state index in [-0.39, 0.29) is 11.2 Å².